The Balaban J connectivity index is 0.00000169. The Hall–Kier alpha value is -1.96. The van der Waals surface area contributed by atoms with Crippen LogP contribution in [-0.4, -0.2) is 31.3 Å². The second-order valence-corrected chi connectivity index (χ2v) is 5.81. The second kappa shape index (κ2) is 9.66. The molecule has 2 aromatic carbocycles. The van der Waals surface area contributed by atoms with Crippen LogP contribution in [0.5, 0.6) is 17.2 Å². The Labute approximate surface area is 172 Å². The lowest BCUT2D eigenvalue weighted by atomic mass is 10.1. The number of fused-ring (bicyclic) bond motifs is 1. The number of rotatable bonds is 5. The lowest BCUT2D eigenvalue weighted by Crippen LogP contribution is -2.00. The highest BCUT2D eigenvalue weighted by atomic mass is 79.9. The number of benzene rings is 2. The third-order valence-electron chi connectivity index (χ3n) is 3.54. The van der Waals surface area contributed by atoms with Crippen LogP contribution in [0, 0.1) is 0 Å². The van der Waals surface area contributed by atoms with E-state index in [1.807, 2.05) is 30.3 Å². The predicted octanol–water partition coefficient (Wildman–Crippen LogP) is 5.01. The fourth-order valence-corrected chi connectivity index (χ4v) is 2.70. The number of anilines is 2. The zero-order chi connectivity index (χ0) is 17.1. The monoisotopic (exact) mass is 461 g/mol. The van der Waals surface area contributed by atoms with Crippen molar-refractivity contribution in [2.45, 2.75) is 0 Å². The first kappa shape index (κ1) is 22.1. The number of nitrogens with zero attached hydrogens (tertiary/aromatic N) is 2. The minimum atomic E-state index is 0. The molecule has 0 amide bonds. The molecular weight excluding hydrogens is 445 g/mol. The largest absolute Gasteiger partial charge is 0.493 e. The second-order valence-electron chi connectivity index (χ2n) is 4.90. The zero-order valence-electron chi connectivity index (χ0n) is 14.3. The third-order valence-corrected chi connectivity index (χ3v) is 4.07. The smallest absolute Gasteiger partial charge is 0.205 e. The Morgan fingerprint density at radius 1 is 0.885 bits per heavy atom. The van der Waals surface area contributed by atoms with Crippen molar-refractivity contribution in [3.05, 3.63) is 41.1 Å². The number of halogens is 3. The average Bonchev–Trinajstić information content (AvgIpc) is 2.62. The molecule has 0 saturated carbocycles. The Morgan fingerprint density at radius 3 is 2.12 bits per heavy atom. The summed E-state index contributed by atoms with van der Waals surface area (Å²) in [6.07, 6.45) is 1.48. The van der Waals surface area contributed by atoms with E-state index < -0.39 is 0 Å². The highest BCUT2D eigenvalue weighted by Gasteiger charge is 2.19. The molecule has 1 aromatic heterocycles. The van der Waals surface area contributed by atoms with E-state index in [1.54, 1.807) is 21.3 Å². The molecule has 6 nitrogen and oxygen atoms in total. The Kier molecular flexibility index (Phi) is 8.20. The first-order valence-corrected chi connectivity index (χ1v) is 7.93. The maximum Gasteiger partial charge on any atom is 0.205 e. The molecule has 1 N–H and O–H groups in total. The molecule has 9 heteroatoms. The molecular formula is C17H18BrCl2N3O3. The number of nitrogens with one attached hydrogen (secondary N) is 1. The molecule has 0 unspecified atom stereocenters. The number of hydrogen-bond donors (Lipinski definition) is 1. The van der Waals surface area contributed by atoms with Gasteiger partial charge in [0.1, 0.15) is 17.7 Å². The zero-order valence-corrected chi connectivity index (χ0v) is 17.5. The quantitative estimate of drug-likeness (QED) is 0.575. The van der Waals surface area contributed by atoms with Crippen molar-refractivity contribution in [3.8, 4) is 17.2 Å². The van der Waals surface area contributed by atoms with Gasteiger partial charge in [0.15, 0.2) is 11.5 Å². The fraction of sp³-hybridized carbons (Fsp3) is 0.176. The van der Waals surface area contributed by atoms with Gasteiger partial charge < -0.3 is 19.5 Å². The maximum absolute atomic E-state index is 5.48. The summed E-state index contributed by atoms with van der Waals surface area (Å²) in [6.45, 7) is 0. The van der Waals surface area contributed by atoms with Gasteiger partial charge in [-0.3, -0.25) is 0 Å². The van der Waals surface area contributed by atoms with Crippen LogP contribution in [0.2, 0.25) is 0 Å². The summed E-state index contributed by atoms with van der Waals surface area (Å²) in [5.41, 5.74) is 1.55. The van der Waals surface area contributed by atoms with E-state index in [9.17, 15) is 0 Å². The summed E-state index contributed by atoms with van der Waals surface area (Å²) in [5, 5.41) is 4.06. The molecule has 0 spiro atoms. The third kappa shape index (κ3) is 4.23. The number of methoxy groups -OCH3 is 3. The van der Waals surface area contributed by atoms with E-state index >= 15 is 0 Å². The number of aromatic nitrogens is 2. The van der Waals surface area contributed by atoms with Crippen molar-refractivity contribution in [2.75, 3.05) is 26.6 Å². The van der Waals surface area contributed by atoms with Gasteiger partial charge in [-0.1, -0.05) is 15.9 Å². The van der Waals surface area contributed by atoms with Gasteiger partial charge in [0.05, 0.1) is 26.7 Å². The summed E-state index contributed by atoms with van der Waals surface area (Å²) >= 11 is 3.42. The first-order chi connectivity index (χ1) is 11.7. The Bertz CT molecular complexity index is 879. The molecule has 0 aliphatic heterocycles. The highest BCUT2D eigenvalue weighted by molar-refractivity contribution is 9.10. The number of ether oxygens (including phenoxy) is 3. The minimum absolute atomic E-state index is 0. The van der Waals surface area contributed by atoms with Crippen molar-refractivity contribution in [2.24, 2.45) is 0 Å². The van der Waals surface area contributed by atoms with Gasteiger partial charge in [-0.2, -0.15) is 0 Å². The maximum atomic E-state index is 5.48. The highest BCUT2D eigenvalue weighted by Crippen LogP contribution is 2.44. The molecule has 0 aliphatic carbocycles. The van der Waals surface area contributed by atoms with Gasteiger partial charge in [-0.05, 0) is 30.3 Å². The van der Waals surface area contributed by atoms with Crippen LogP contribution in [0.25, 0.3) is 10.9 Å². The Morgan fingerprint density at radius 2 is 1.54 bits per heavy atom. The van der Waals surface area contributed by atoms with Crippen molar-refractivity contribution in [1.82, 2.24) is 9.97 Å². The lowest BCUT2D eigenvalue weighted by molar-refractivity contribution is 0.327. The lowest BCUT2D eigenvalue weighted by Gasteiger charge is -2.16. The fourth-order valence-electron chi connectivity index (χ4n) is 2.43. The molecule has 140 valence electrons. The molecule has 0 atom stereocenters. The molecule has 26 heavy (non-hydrogen) atoms. The predicted molar refractivity (Wildman–Crippen MR) is 111 cm³/mol. The summed E-state index contributed by atoms with van der Waals surface area (Å²) in [5.74, 6) is 2.21. The van der Waals surface area contributed by atoms with E-state index in [1.165, 1.54) is 6.33 Å². The molecule has 0 saturated heterocycles. The van der Waals surface area contributed by atoms with Gasteiger partial charge in [0.25, 0.3) is 0 Å². The molecule has 0 fully saturated rings. The van der Waals surface area contributed by atoms with Crippen LogP contribution in [0.4, 0.5) is 11.5 Å². The molecule has 3 rings (SSSR count). The average molecular weight is 463 g/mol. The first-order valence-electron chi connectivity index (χ1n) is 7.14. The van der Waals surface area contributed by atoms with E-state index in [-0.39, 0.29) is 24.8 Å². The summed E-state index contributed by atoms with van der Waals surface area (Å²) < 4.78 is 17.3. The van der Waals surface area contributed by atoms with E-state index in [2.05, 4.69) is 31.2 Å². The van der Waals surface area contributed by atoms with Crippen molar-refractivity contribution >= 4 is 63.2 Å². The minimum Gasteiger partial charge on any atom is -0.493 e. The number of hydrogen-bond acceptors (Lipinski definition) is 6. The SMILES string of the molecule is COc1cc2c(Nc3ccc(Br)cc3)ncnc2c(OC)c1OC.Cl.Cl. The molecule has 1 heterocycles. The van der Waals surface area contributed by atoms with Crippen LogP contribution in [-0.2, 0) is 0 Å². The van der Waals surface area contributed by atoms with Gasteiger partial charge in [0, 0.05) is 10.2 Å². The normalized spacial score (nSPS) is 9.69. The summed E-state index contributed by atoms with van der Waals surface area (Å²) in [7, 11) is 4.71. The molecule has 0 aliphatic rings. The van der Waals surface area contributed by atoms with Crippen LogP contribution < -0.4 is 19.5 Å². The topological polar surface area (TPSA) is 65.5 Å². The standard InChI is InChI=1S/C17H16BrN3O3.2ClH/c1-22-13-8-12-14(16(24-3)15(13)23-2)19-9-20-17(12)21-11-6-4-10(18)5-7-11;;/h4-9H,1-3H3,(H,19,20,21);2*1H. The van der Waals surface area contributed by atoms with E-state index in [4.69, 9.17) is 14.2 Å². The molecule has 0 bridgehead atoms. The van der Waals surface area contributed by atoms with Gasteiger partial charge >= 0.3 is 0 Å². The van der Waals surface area contributed by atoms with Gasteiger partial charge in [-0.25, -0.2) is 9.97 Å². The molecule has 3 aromatic rings. The van der Waals surface area contributed by atoms with Crippen LogP contribution in [0.15, 0.2) is 41.1 Å². The van der Waals surface area contributed by atoms with E-state index in [0.29, 0.717) is 28.6 Å². The van der Waals surface area contributed by atoms with E-state index in [0.717, 1.165) is 15.5 Å². The van der Waals surface area contributed by atoms with Crippen molar-refractivity contribution in [1.29, 1.82) is 0 Å². The van der Waals surface area contributed by atoms with Crippen LogP contribution in [0.1, 0.15) is 0 Å². The van der Waals surface area contributed by atoms with Crippen LogP contribution in [0.3, 0.4) is 0 Å². The van der Waals surface area contributed by atoms with Crippen molar-refractivity contribution < 1.29 is 14.2 Å². The summed E-state index contributed by atoms with van der Waals surface area (Å²) in [4.78, 5) is 8.68. The summed E-state index contributed by atoms with van der Waals surface area (Å²) in [6, 6.07) is 9.65. The van der Waals surface area contributed by atoms with Crippen molar-refractivity contribution in [3.63, 3.8) is 0 Å². The molecule has 0 radical (unpaired) electrons. The van der Waals surface area contributed by atoms with Gasteiger partial charge in [0.2, 0.25) is 5.75 Å². The van der Waals surface area contributed by atoms with Crippen LogP contribution >= 0.6 is 40.7 Å². The van der Waals surface area contributed by atoms with Gasteiger partial charge in [-0.15, -0.1) is 24.8 Å².